The molecule has 1 N–H and O–H groups in total. The molecule has 0 aromatic rings. The predicted molar refractivity (Wildman–Crippen MR) is 44.6 cm³/mol. The van der Waals surface area contributed by atoms with Gasteiger partial charge in [0.05, 0.1) is 6.10 Å². The van der Waals surface area contributed by atoms with E-state index in [2.05, 4.69) is 5.32 Å². The van der Waals surface area contributed by atoms with Crippen LogP contribution in [0.3, 0.4) is 0 Å². The molecular formula is C9H17NO. The highest BCUT2D eigenvalue weighted by Gasteiger charge is 2.26. The Morgan fingerprint density at radius 1 is 1.09 bits per heavy atom. The number of nitrogens with one attached hydrogen (secondary N) is 1. The molecule has 1 aliphatic carbocycles. The first-order chi connectivity index (χ1) is 5.47. The van der Waals surface area contributed by atoms with Crippen LogP contribution in [0.15, 0.2) is 0 Å². The van der Waals surface area contributed by atoms with E-state index in [0.29, 0.717) is 12.1 Å². The Bertz CT molecular complexity index is 113. The third-order valence-corrected chi connectivity index (χ3v) is 2.76. The molecule has 2 fully saturated rings. The third kappa shape index (κ3) is 1.74. The molecule has 2 heteroatoms. The molecule has 0 unspecified atom stereocenters. The number of ether oxygens (including phenoxy) is 1. The molecule has 0 amide bonds. The van der Waals surface area contributed by atoms with E-state index < -0.39 is 0 Å². The maximum atomic E-state index is 5.74. The largest absolute Gasteiger partial charge is 0.377 e. The van der Waals surface area contributed by atoms with E-state index in [4.69, 9.17) is 4.74 Å². The monoisotopic (exact) mass is 155 g/mol. The molecule has 0 bridgehead atoms. The summed E-state index contributed by atoms with van der Waals surface area (Å²) in [5.41, 5.74) is 0. The predicted octanol–water partition coefficient (Wildman–Crippen LogP) is 1.31. The highest BCUT2D eigenvalue weighted by atomic mass is 16.5. The number of hydrogen-bond donors (Lipinski definition) is 1. The quantitative estimate of drug-likeness (QED) is 0.569. The van der Waals surface area contributed by atoms with Gasteiger partial charge in [-0.25, -0.2) is 0 Å². The molecule has 2 atom stereocenters. The standard InChI is InChI=1S/C9H17NO/c1-2-5-9-8(4-1)10-6-3-7-11-9/h8-10H,1-7H2/t8-,9+/m0/s1. The molecule has 2 rings (SSSR count). The number of hydrogen-bond acceptors (Lipinski definition) is 2. The van der Waals surface area contributed by atoms with Gasteiger partial charge in [-0.1, -0.05) is 12.8 Å². The van der Waals surface area contributed by atoms with Crippen LogP contribution in [-0.2, 0) is 4.74 Å². The molecule has 1 aliphatic heterocycles. The molecular weight excluding hydrogens is 138 g/mol. The van der Waals surface area contributed by atoms with E-state index in [-0.39, 0.29) is 0 Å². The Balaban J connectivity index is 1.93. The van der Waals surface area contributed by atoms with Crippen LogP contribution in [0.4, 0.5) is 0 Å². The highest BCUT2D eigenvalue weighted by Crippen LogP contribution is 2.22. The summed E-state index contributed by atoms with van der Waals surface area (Å²) in [5.74, 6) is 0. The first-order valence-electron chi connectivity index (χ1n) is 4.82. The number of fused-ring (bicyclic) bond motifs is 1. The fourth-order valence-electron chi connectivity index (χ4n) is 2.12. The van der Waals surface area contributed by atoms with Gasteiger partial charge in [-0.3, -0.25) is 0 Å². The van der Waals surface area contributed by atoms with Gasteiger partial charge in [0.25, 0.3) is 0 Å². The summed E-state index contributed by atoms with van der Waals surface area (Å²) in [6.45, 7) is 2.12. The molecule has 2 nitrogen and oxygen atoms in total. The first kappa shape index (κ1) is 7.56. The molecule has 2 aliphatic rings. The van der Waals surface area contributed by atoms with Crippen LogP contribution in [0.2, 0.25) is 0 Å². The van der Waals surface area contributed by atoms with Crippen molar-refractivity contribution in [3.8, 4) is 0 Å². The molecule has 1 saturated carbocycles. The molecule has 0 radical (unpaired) electrons. The highest BCUT2D eigenvalue weighted by molar-refractivity contribution is 4.83. The lowest BCUT2D eigenvalue weighted by Gasteiger charge is -2.29. The van der Waals surface area contributed by atoms with Crippen LogP contribution >= 0.6 is 0 Å². The Kier molecular flexibility index (Phi) is 2.44. The van der Waals surface area contributed by atoms with Crippen molar-refractivity contribution in [2.75, 3.05) is 13.2 Å². The van der Waals surface area contributed by atoms with E-state index in [1.165, 1.54) is 32.1 Å². The Morgan fingerprint density at radius 2 is 2.00 bits per heavy atom. The van der Waals surface area contributed by atoms with Crippen LogP contribution in [0.1, 0.15) is 32.1 Å². The van der Waals surface area contributed by atoms with Gasteiger partial charge < -0.3 is 10.1 Å². The second-order valence-corrected chi connectivity index (χ2v) is 3.61. The molecule has 1 heterocycles. The zero-order valence-corrected chi connectivity index (χ0v) is 7.01. The van der Waals surface area contributed by atoms with Gasteiger partial charge in [-0.2, -0.15) is 0 Å². The third-order valence-electron chi connectivity index (χ3n) is 2.76. The Morgan fingerprint density at radius 3 is 3.00 bits per heavy atom. The average molecular weight is 155 g/mol. The lowest BCUT2D eigenvalue weighted by Crippen LogP contribution is -2.41. The van der Waals surface area contributed by atoms with E-state index in [0.717, 1.165) is 13.2 Å². The van der Waals surface area contributed by atoms with Crippen LogP contribution in [0, 0.1) is 0 Å². The van der Waals surface area contributed by atoms with E-state index in [1.54, 1.807) is 0 Å². The van der Waals surface area contributed by atoms with Gasteiger partial charge in [-0.05, 0) is 25.8 Å². The minimum absolute atomic E-state index is 0.534. The Hall–Kier alpha value is -0.0800. The molecule has 11 heavy (non-hydrogen) atoms. The topological polar surface area (TPSA) is 21.3 Å². The fourth-order valence-corrected chi connectivity index (χ4v) is 2.12. The van der Waals surface area contributed by atoms with Crippen molar-refractivity contribution in [3.05, 3.63) is 0 Å². The zero-order valence-electron chi connectivity index (χ0n) is 7.01. The minimum Gasteiger partial charge on any atom is -0.377 e. The van der Waals surface area contributed by atoms with Crippen molar-refractivity contribution in [1.82, 2.24) is 5.32 Å². The molecule has 64 valence electrons. The van der Waals surface area contributed by atoms with Gasteiger partial charge in [-0.15, -0.1) is 0 Å². The van der Waals surface area contributed by atoms with Crippen LogP contribution in [0.25, 0.3) is 0 Å². The van der Waals surface area contributed by atoms with E-state index in [9.17, 15) is 0 Å². The van der Waals surface area contributed by atoms with Crippen molar-refractivity contribution in [1.29, 1.82) is 0 Å². The lowest BCUT2D eigenvalue weighted by atomic mass is 9.92. The van der Waals surface area contributed by atoms with Gasteiger partial charge in [0.1, 0.15) is 0 Å². The normalized spacial score (nSPS) is 39.3. The molecule has 0 spiro atoms. The minimum atomic E-state index is 0.534. The van der Waals surface area contributed by atoms with Crippen molar-refractivity contribution in [3.63, 3.8) is 0 Å². The fraction of sp³-hybridized carbons (Fsp3) is 1.00. The first-order valence-corrected chi connectivity index (χ1v) is 4.82. The van der Waals surface area contributed by atoms with E-state index in [1.807, 2.05) is 0 Å². The van der Waals surface area contributed by atoms with Crippen LogP contribution in [-0.4, -0.2) is 25.3 Å². The zero-order chi connectivity index (χ0) is 7.52. The maximum Gasteiger partial charge on any atom is 0.0728 e. The lowest BCUT2D eigenvalue weighted by molar-refractivity contribution is 0.0215. The van der Waals surface area contributed by atoms with Gasteiger partial charge in [0.2, 0.25) is 0 Å². The summed E-state index contributed by atoms with van der Waals surface area (Å²) in [6.07, 6.45) is 7.07. The summed E-state index contributed by atoms with van der Waals surface area (Å²) in [5, 5.41) is 3.56. The number of rotatable bonds is 0. The van der Waals surface area contributed by atoms with Crippen LogP contribution in [0.5, 0.6) is 0 Å². The molecule has 1 saturated heterocycles. The second-order valence-electron chi connectivity index (χ2n) is 3.61. The van der Waals surface area contributed by atoms with Gasteiger partial charge in [0, 0.05) is 12.6 Å². The summed E-state index contributed by atoms with van der Waals surface area (Å²) >= 11 is 0. The van der Waals surface area contributed by atoms with Crippen molar-refractivity contribution in [2.24, 2.45) is 0 Å². The average Bonchev–Trinajstić information content (AvgIpc) is 2.28. The summed E-state index contributed by atoms with van der Waals surface area (Å²) in [4.78, 5) is 0. The molecule has 0 aromatic heterocycles. The maximum absolute atomic E-state index is 5.74. The van der Waals surface area contributed by atoms with E-state index >= 15 is 0 Å². The summed E-state index contributed by atoms with van der Waals surface area (Å²) in [7, 11) is 0. The van der Waals surface area contributed by atoms with Crippen molar-refractivity contribution < 1.29 is 4.74 Å². The SMILES string of the molecule is C1CN[C@H]2CCCC[C@H]2OC1. The smallest absolute Gasteiger partial charge is 0.0728 e. The molecule has 0 aromatic carbocycles. The van der Waals surface area contributed by atoms with Gasteiger partial charge >= 0.3 is 0 Å². The van der Waals surface area contributed by atoms with Gasteiger partial charge in [0.15, 0.2) is 0 Å². The Labute approximate surface area is 68.3 Å². The van der Waals surface area contributed by atoms with Crippen molar-refractivity contribution >= 4 is 0 Å². The second kappa shape index (κ2) is 3.55. The summed E-state index contributed by atoms with van der Waals surface area (Å²) in [6, 6.07) is 0.672. The van der Waals surface area contributed by atoms with Crippen molar-refractivity contribution in [2.45, 2.75) is 44.2 Å². The summed E-state index contributed by atoms with van der Waals surface area (Å²) < 4.78 is 5.74. The van der Waals surface area contributed by atoms with Crippen LogP contribution < -0.4 is 5.32 Å².